The number of amides is 1. The predicted octanol–water partition coefficient (Wildman–Crippen LogP) is 2.15. The predicted molar refractivity (Wildman–Crippen MR) is 69.2 cm³/mol. The van der Waals surface area contributed by atoms with Crippen molar-refractivity contribution in [2.24, 2.45) is 5.92 Å². The van der Waals surface area contributed by atoms with Crippen LogP contribution in [0.15, 0.2) is 24.3 Å². The fourth-order valence-electron chi connectivity index (χ4n) is 1.72. The average Bonchev–Trinajstić information content (AvgIpc) is 2.33. The van der Waals surface area contributed by atoms with Gasteiger partial charge in [-0.05, 0) is 30.5 Å². The molecule has 0 aliphatic carbocycles. The smallest absolute Gasteiger partial charge is 0.326 e. The van der Waals surface area contributed by atoms with E-state index in [1.807, 2.05) is 0 Å². The van der Waals surface area contributed by atoms with Crippen molar-refractivity contribution in [1.29, 1.82) is 0 Å². The molecule has 1 unspecified atom stereocenters. The van der Waals surface area contributed by atoms with Crippen LogP contribution in [-0.2, 0) is 9.59 Å². The lowest BCUT2D eigenvalue weighted by Crippen LogP contribution is -2.45. The van der Waals surface area contributed by atoms with E-state index in [1.165, 1.54) is 18.2 Å². The van der Waals surface area contributed by atoms with Crippen LogP contribution in [0, 0.1) is 11.7 Å². The molecule has 1 rings (SSSR count). The summed E-state index contributed by atoms with van der Waals surface area (Å²) in [5.74, 6) is -2.74. The number of aliphatic carboxylic acids is 1. The average molecular weight is 267 g/mol. The summed E-state index contributed by atoms with van der Waals surface area (Å²) < 4.78 is 13.1. The van der Waals surface area contributed by atoms with Crippen molar-refractivity contribution in [3.8, 4) is 0 Å². The van der Waals surface area contributed by atoms with Gasteiger partial charge in [-0.1, -0.05) is 26.0 Å². The Balaban J connectivity index is 2.80. The largest absolute Gasteiger partial charge is 0.480 e. The van der Waals surface area contributed by atoms with Crippen LogP contribution in [0.2, 0.25) is 0 Å². The van der Waals surface area contributed by atoms with Crippen LogP contribution < -0.4 is 5.32 Å². The maximum Gasteiger partial charge on any atom is 0.326 e. The molecular formula is C14H18FNO3. The van der Waals surface area contributed by atoms with Gasteiger partial charge in [-0.2, -0.15) is 0 Å². The lowest BCUT2D eigenvalue weighted by molar-refractivity contribution is -0.143. The van der Waals surface area contributed by atoms with Crippen LogP contribution in [-0.4, -0.2) is 23.0 Å². The molecule has 0 aliphatic heterocycles. The monoisotopic (exact) mass is 267 g/mol. The molecule has 19 heavy (non-hydrogen) atoms. The molecule has 104 valence electrons. The van der Waals surface area contributed by atoms with Crippen LogP contribution >= 0.6 is 0 Å². The lowest BCUT2D eigenvalue weighted by Gasteiger charge is -2.20. The summed E-state index contributed by atoms with van der Waals surface area (Å²) in [4.78, 5) is 23.0. The van der Waals surface area contributed by atoms with Crippen molar-refractivity contribution in [3.63, 3.8) is 0 Å². The molecule has 0 spiro atoms. The lowest BCUT2D eigenvalue weighted by atomic mass is 9.98. The maximum absolute atomic E-state index is 13.1. The van der Waals surface area contributed by atoms with Gasteiger partial charge in [0.15, 0.2) is 0 Å². The van der Waals surface area contributed by atoms with E-state index >= 15 is 0 Å². The van der Waals surface area contributed by atoms with Crippen LogP contribution in [0.5, 0.6) is 0 Å². The molecule has 0 fully saturated rings. The van der Waals surface area contributed by atoms with E-state index < -0.39 is 29.7 Å². The third-order valence-corrected chi connectivity index (χ3v) is 2.97. The molecule has 2 N–H and O–H groups in total. The molecule has 1 amide bonds. The van der Waals surface area contributed by atoms with E-state index in [0.717, 1.165) is 0 Å². The van der Waals surface area contributed by atoms with Gasteiger partial charge >= 0.3 is 5.97 Å². The number of carboxylic acids is 1. The fourth-order valence-corrected chi connectivity index (χ4v) is 1.72. The molecule has 0 aliphatic rings. The Labute approximate surface area is 111 Å². The van der Waals surface area contributed by atoms with Crippen molar-refractivity contribution in [2.45, 2.75) is 32.7 Å². The zero-order valence-corrected chi connectivity index (χ0v) is 11.2. The van der Waals surface area contributed by atoms with E-state index in [9.17, 15) is 14.0 Å². The standard InChI is InChI=1S/C14H18FNO3/c1-8(2)12(14(18)19)16-13(17)9(3)10-5-4-6-11(15)7-10/h4-9,12H,1-3H3,(H,16,17)(H,18,19)/t9?,12-/m0/s1. The molecule has 0 aromatic heterocycles. The summed E-state index contributed by atoms with van der Waals surface area (Å²) in [7, 11) is 0. The Morgan fingerprint density at radius 1 is 1.26 bits per heavy atom. The van der Waals surface area contributed by atoms with Gasteiger partial charge in [0.1, 0.15) is 11.9 Å². The number of carboxylic acid groups (broad SMARTS) is 1. The second-order valence-corrected chi connectivity index (χ2v) is 4.85. The van der Waals surface area contributed by atoms with Gasteiger partial charge < -0.3 is 10.4 Å². The number of rotatable bonds is 5. The van der Waals surface area contributed by atoms with Crippen molar-refractivity contribution in [2.75, 3.05) is 0 Å². The van der Waals surface area contributed by atoms with Gasteiger partial charge in [0, 0.05) is 0 Å². The highest BCUT2D eigenvalue weighted by atomic mass is 19.1. The number of carbonyl (C=O) groups is 2. The molecule has 0 heterocycles. The zero-order chi connectivity index (χ0) is 14.6. The molecule has 0 saturated carbocycles. The summed E-state index contributed by atoms with van der Waals surface area (Å²) in [6, 6.07) is 4.78. The molecule has 0 radical (unpaired) electrons. The van der Waals surface area contributed by atoms with E-state index in [1.54, 1.807) is 26.8 Å². The third kappa shape index (κ3) is 4.05. The van der Waals surface area contributed by atoms with Gasteiger partial charge in [0.05, 0.1) is 5.92 Å². The van der Waals surface area contributed by atoms with E-state index in [0.29, 0.717) is 5.56 Å². The summed E-state index contributed by atoms with van der Waals surface area (Å²) in [6.45, 7) is 5.04. The summed E-state index contributed by atoms with van der Waals surface area (Å²) in [5, 5.41) is 11.5. The minimum absolute atomic E-state index is 0.221. The molecule has 0 bridgehead atoms. The molecule has 2 atom stereocenters. The van der Waals surface area contributed by atoms with Gasteiger partial charge in [0.25, 0.3) is 0 Å². The number of carbonyl (C=O) groups excluding carboxylic acids is 1. The minimum atomic E-state index is -1.07. The first-order valence-electron chi connectivity index (χ1n) is 6.11. The first kappa shape index (κ1) is 15.1. The molecule has 4 nitrogen and oxygen atoms in total. The normalized spacial score (nSPS) is 13.9. The van der Waals surface area contributed by atoms with Crippen molar-refractivity contribution in [3.05, 3.63) is 35.6 Å². The first-order valence-corrected chi connectivity index (χ1v) is 6.11. The Bertz CT molecular complexity index is 474. The second-order valence-electron chi connectivity index (χ2n) is 4.85. The quantitative estimate of drug-likeness (QED) is 0.859. The number of benzene rings is 1. The third-order valence-electron chi connectivity index (χ3n) is 2.97. The van der Waals surface area contributed by atoms with E-state index in [4.69, 9.17) is 5.11 Å². The topological polar surface area (TPSA) is 66.4 Å². The summed E-state index contributed by atoms with van der Waals surface area (Å²) >= 11 is 0. The molecular weight excluding hydrogens is 249 g/mol. The summed E-state index contributed by atoms with van der Waals surface area (Å²) in [5.41, 5.74) is 0.519. The number of halogens is 1. The number of hydrogen-bond donors (Lipinski definition) is 2. The highest BCUT2D eigenvalue weighted by Crippen LogP contribution is 2.17. The highest BCUT2D eigenvalue weighted by molar-refractivity contribution is 5.87. The Morgan fingerprint density at radius 3 is 2.37 bits per heavy atom. The summed E-state index contributed by atoms with van der Waals surface area (Å²) in [6.07, 6.45) is 0. The van der Waals surface area contributed by atoms with Crippen LogP contribution in [0.3, 0.4) is 0 Å². The van der Waals surface area contributed by atoms with Crippen LogP contribution in [0.25, 0.3) is 0 Å². The second kappa shape index (κ2) is 6.31. The maximum atomic E-state index is 13.1. The van der Waals surface area contributed by atoms with E-state index in [2.05, 4.69) is 5.32 Å². The van der Waals surface area contributed by atoms with Crippen molar-refractivity contribution < 1.29 is 19.1 Å². The van der Waals surface area contributed by atoms with Crippen molar-refractivity contribution >= 4 is 11.9 Å². The zero-order valence-electron chi connectivity index (χ0n) is 11.2. The van der Waals surface area contributed by atoms with Gasteiger partial charge in [0.2, 0.25) is 5.91 Å². The first-order chi connectivity index (χ1) is 8.82. The fraction of sp³-hybridized carbons (Fsp3) is 0.429. The molecule has 1 aromatic carbocycles. The van der Waals surface area contributed by atoms with Gasteiger partial charge in [-0.25, -0.2) is 9.18 Å². The van der Waals surface area contributed by atoms with Crippen molar-refractivity contribution in [1.82, 2.24) is 5.32 Å². The van der Waals surface area contributed by atoms with Gasteiger partial charge in [-0.15, -0.1) is 0 Å². The Hall–Kier alpha value is -1.91. The number of hydrogen-bond acceptors (Lipinski definition) is 2. The number of nitrogens with one attached hydrogen (secondary N) is 1. The Kier molecular flexibility index (Phi) is 5.03. The Morgan fingerprint density at radius 2 is 1.89 bits per heavy atom. The molecule has 5 heteroatoms. The highest BCUT2D eigenvalue weighted by Gasteiger charge is 2.26. The van der Waals surface area contributed by atoms with E-state index in [-0.39, 0.29) is 5.92 Å². The molecule has 1 aromatic rings. The van der Waals surface area contributed by atoms with Crippen LogP contribution in [0.1, 0.15) is 32.3 Å². The minimum Gasteiger partial charge on any atom is -0.480 e. The SMILES string of the molecule is CC(C(=O)N[C@H](C(=O)O)C(C)C)c1cccc(F)c1. The molecule has 0 saturated heterocycles. The van der Waals surface area contributed by atoms with Gasteiger partial charge in [-0.3, -0.25) is 4.79 Å². The van der Waals surface area contributed by atoms with Crippen LogP contribution in [0.4, 0.5) is 4.39 Å².